The lowest BCUT2D eigenvalue weighted by Gasteiger charge is -2.32. The number of benzene rings is 1. The number of methoxy groups -OCH3 is 1. The number of ketones is 4. The second-order valence-corrected chi connectivity index (χ2v) is 27.8. The van der Waals surface area contributed by atoms with Gasteiger partial charge in [-0.25, -0.2) is 0 Å². The van der Waals surface area contributed by atoms with Crippen LogP contribution >= 0.6 is 0 Å². The van der Waals surface area contributed by atoms with Crippen molar-refractivity contribution in [1.29, 1.82) is 0 Å². The van der Waals surface area contributed by atoms with Crippen molar-refractivity contribution in [2.45, 2.75) is 256 Å². The average molecular weight is 1260 g/mol. The van der Waals surface area contributed by atoms with Crippen LogP contribution in [-0.2, 0) is 66.9 Å². The number of carbonyl (C=O) groups is 10. The van der Waals surface area contributed by atoms with E-state index in [1.54, 1.807) is 48.2 Å². The molecule has 4 amide bonds. The summed E-state index contributed by atoms with van der Waals surface area (Å²) in [6.07, 6.45) is 19.6. The van der Waals surface area contributed by atoms with Crippen molar-refractivity contribution in [2.75, 3.05) is 34.3 Å². The molecular formula is C71H106N4O15. The van der Waals surface area contributed by atoms with E-state index >= 15 is 0 Å². The Labute approximate surface area is 534 Å². The minimum atomic E-state index is -1.43. The molecule has 4 fully saturated rings. The molecule has 0 bridgehead atoms. The molecule has 0 aromatic heterocycles. The number of fused-ring (bicyclic) bond motifs is 6. The number of ether oxygens (including phenoxy) is 4. The third kappa shape index (κ3) is 21.1. The first-order valence-corrected chi connectivity index (χ1v) is 33.6. The summed E-state index contributed by atoms with van der Waals surface area (Å²) >= 11 is 0. The van der Waals surface area contributed by atoms with Crippen molar-refractivity contribution >= 4 is 58.7 Å². The number of aliphatic hydroxyl groups is 1. The maximum absolute atomic E-state index is 14.2. The summed E-state index contributed by atoms with van der Waals surface area (Å²) in [5, 5.41) is 14.2. The molecule has 500 valence electrons. The Kier molecular flexibility index (Phi) is 28.2. The molecule has 0 spiro atoms. The van der Waals surface area contributed by atoms with Gasteiger partial charge in [0.2, 0.25) is 23.6 Å². The standard InChI is InChI=1S/C39H57N3O7.C32H49NO8/c1-26-17-13-10-8-6-7-9-11-14-20-28(23-31(44)35-29-24-39(2,3)49-32(29)25-42(35)37(26)47)36(46)30(43)21-22-33(45)40-34(38(48)41(4)5)27-18-15-12-16-19-27;1-21-14-12-10-8-6-7-9-11-13-15-23(30(40-22(2)34)25(35)16-17-28(37)39-5)18-26(36)29-24-19-32(3,4)41-27(24)20-33(29)31(21)38/h6-7,12,15-16,18-19,26,28-29,32,34-36,46H,8-11,13-14,17,20-25H2,1-5H3,(H,40,45);6-7,21,23-24,27,29-30H,8-20H2,1-5H3/t26-,28+,29-,32?,34-,35-,36?;21-,23+,24-,27?,29-,30?/m00/s1. The molecule has 7 rings (SSSR count). The molecule has 1 aromatic rings. The van der Waals surface area contributed by atoms with Gasteiger partial charge in [-0.05, 0) is 129 Å². The molecule has 2 N–H and O–H groups in total. The van der Waals surface area contributed by atoms with Crippen LogP contribution in [0.2, 0.25) is 0 Å². The third-order valence-electron chi connectivity index (χ3n) is 19.2. The van der Waals surface area contributed by atoms with Crippen molar-refractivity contribution < 1.29 is 72.0 Å². The molecule has 6 aliphatic rings. The van der Waals surface area contributed by atoms with Crippen LogP contribution in [0.1, 0.15) is 214 Å². The maximum Gasteiger partial charge on any atom is 0.305 e. The van der Waals surface area contributed by atoms with E-state index in [0.29, 0.717) is 44.3 Å². The Morgan fingerprint density at radius 3 is 1.53 bits per heavy atom. The van der Waals surface area contributed by atoms with Crippen LogP contribution in [0, 0.1) is 35.5 Å². The van der Waals surface area contributed by atoms with Gasteiger partial charge in [0.25, 0.3) is 0 Å². The van der Waals surface area contributed by atoms with Gasteiger partial charge in [0.05, 0.1) is 49.0 Å². The number of rotatable bonds is 14. The van der Waals surface area contributed by atoms with E-state index in [2.05, 4.69) is 34.4 Å². The number of carbonyl (C=O) groups excluding carboxylic acids is 10. The Morgan fingerprint density at radius 2 is 1.08 bits per heavy atom. The van der Waals surface area contributed by atoms with Crippen molar-refractivity contribution in [2.24, 2.45) is 35.5 Å². The zero-order valence-corrected chi connectivity index (χ0v) is 55.6. The fraction of sp³-hybridized carbons (Fsp3) is 0.718. The number of likely N-dealkylation sites (N-methyl/N-ethyl adjacent to an activating group) is 1. The predicted molar refractivity (Wildman–Crippen MR) is 340 cm³/mol. The number of nitrogens with one attached hydrogen (secondary N) is 1. The molecule has 0 radical (unpaired) electrons. The summed E-state index contributed by atoms with van der Waals surface area (Å²) in [4.78, 5) is 137. The number of amides is 4. The van der Waals surface area contributed by atoms with Crippen LogP contribution in [0.4, 0.5) is 0 Å². The van der Waals surface area contributed by atoms with Gasteiger partial charge in [-0.15, -0.1) is 0 Å². The summed E-state index contributed by atoms with van der Waals surface area (Å²) in [6, 6.07) is 6.71. The fourth-order valence-electron chi connectivity index (χ4n) is 14.5. The smallest absolute Gasteiger partial charge is 0.305 e. The zero-order valence-electron chi connectivity index (χ0n) is 55.6. The molecule has 0 saturated carbocycles. The van der Waals surface area contributed by atoms with Crippen molar-refractivity contribution in [3.05, 3.63) is 60.2 Å². The topological polar surface area (TPSA) is 250 Å². The van der Waals surface area contributed by atoms with E-state index in [1.165, 1.54) is 18.9 Å². The first kappa shape index (κ1) is 73.1. The van der Waals surface area contributed by atoms with Gasteiger partial charge in [-0.2, -0.15) is 0 Å². The SMILES string of the molecule is COC(=O)CCC(=O)C(OC(C)=O)[C@@H]1CCCCC=CCCCC[C@H](C)C(=O)N2CC3OC(C)(C)C[C@@H]3[C@H]2C(=O)C1.C[C@H]1CCCCC=CCCCC[C@@H](C(O)C(=O)CCC(=O)N[C@H](C(=O)N(C)C)c2ccccc2)CC(=O)[C@@H]2[C@H]3CC(C)(C)OC3CN2C1=O. The Morgan fingerprint density at radius 1 is 0.633 bits per heavy atom. The Bertz CT molecular complexity index is 2690. The molecule has 19 nitrogen and oxygen atoms in total. The lowest BCUT2D eigenvalue weighted by molar-refractivity contribution is -0.158. The maximum atomic E-state index is 14.2. The number of Topliss-reactive ketones (excluding diaryl/α,β-unsaturated/α-hetero) is 4. The summed E-state index contributed by atoms with van der Waals surface area (Å²) in [6.45, 7) is 13.9. The zero-order chi connectivity index (χ0) is 65.9. The minimum Gasteiger partial charge on any atom is -0.469 e. The molecule has 4 unspecified atom stereocenters. The highest BCUT2D eigenvalue weighted by Gasteiger charge is 2.57. The summed E-state index contributed by atoms with van der Waals surface area (Å²) < 4.78 is 22.8. The highest BCUT2D eigenvalue weighted by atomic mass is 16.5. The predicted octanol–water partition coefficient (Wildman–Crippen LogP) is 9.68. The van der Waals surface area contributed by atoms with Gasteiger partial charge in [0, 0.05) is 95.8 Å². The second-order valence-electron chi connectivity index (χ2n) is 27.8. The number of allylic oxidation sites excluding steroid dienone is 4. The van der Waals surface area contributed by atoms with E-state index in [0.717, 1.165) is 89.9 Å². The van der Waals surface area contributed by atoms with Gasteiger partial charge in [-0.3, -0.25) is 47.9 Å². The van der Waals surface area contributed by atoms with E-state index in [-0.39, 0.29) is 109 Å². The summed E-state index contributed by atoms with van der Waals surface area (Å²) in [7, 11) is 4.48. The molecule has 90 heavy (non-hydrogen) atoms. The first-order valence-electron chi connectivity index (χ1n) is 33.6. The van der Waals surface area contributed by atoms with E-state index in [4.69, 9.17) is 14.2 Å². The first-order chi connectivity index (χ1) is 42.7. The van der Waals surface area contributed by atoms with Crippen LogP contribution in [0.3, 0.4) is 0 Å². The molecule has 4 saturated heterocycles. The average Bonchev–Trinajstić information content (AvgIpc) is 1.62. The van der Waals surface area contributed by atoms with E-state index in [9.17, 15) is 53.1 Å². The van der Waals surface area contributed by atoms with Gasteiger partial charge in [-0.1, -0.05) is 94.2 Å². The molecule has 6 heterocycles. The molecule has 13 atom stereocenters. The van der Waals surface area contributed by atoms with Crippen LogP contribution in [0.15, 0.2) is 54.6 Å². The van der Waals surface area contributed by atoms with Gasteiger partial charge < -0.3 is 44.1 Å². The van der Waals surface area contributed by atoms with Gasteiger partial charge >= 0.3 is 11.9 Å². The van der Waals surface area contributed by atoms with Crippen molar-refractivity contribution in [3.8, 4) is 0 Å². The number of esters is 2. The summed E-state index contributed by atoms with van der Waals surface area (Å²) in [5.41, 5.74) is -0.160. The lowest BCUT2D eigenvalue weighted by Crippen LogP contribution is -2.47. The Hall–Kier alpha value is -5.92. The molecule has 1 aromatic carbocycles. The van der Waals surface area contributed by atoms with Crippen molar-refractivity contribution in [1.82, 2.24) is 20.0 Å². The highest BCUT2D eigenvalue weighted by Crippen LogP contribution is 2.46. The highest BCUT2D eigenvalue weighted by molar-refractivity contribution is 5.95. The molecule has 0 aliphatic carbocycles. The number of hydrogen-bond acceptors (Lipinski definition) is 15. The largest absolute Gasteiger partial charge is 0.469 e. The molecular weight excluding hydrogens is 1150 g/mol. The van der Waals surface area contributed by atoms with E-state index < -0.39 is 77.2 Å². The molecule has 6 aliphatic heterocycles. The van der Waals surface area contributed by atoms with Crippen molar-refractivity contribution in [3.63, 3.8) is 0 Å². The third-order valence-corrected chi connectivity index (χ3v) is 19.2. The second kappa shape index (κ2) is 34.7. The van der Waals surface area contributed by atoms with Gasteiger partial charge in [0.15, 0.2) is 29.2 Å². The minimum absolute atomic E-state index is 0.00419. The van der Waals surface area contributed by atoms with Crippen LogP contribution in [0.5, 0.6) is 0 Å². The quantitative estimate of drug-likeness (QED) is 0.130. The molecule has 19 heteroatoms. The van der Waals surface area contributed by atoms with E-state index in [1.807, 2.05) is 47.6 Å². The monoisotopic (exact) mass is 1250 g/mol. The van der Waals surface area contributed by atoms with Crippen LogP contribution < -0.4 is 5.32 Å². The summed E-state index contributed by atoms with van der Waals surface area (Å²) in [5.74, 6) is -5.02. The normalized spacial score (nSPS) is 28.9. The van der Waals surface area contributed by atoms with Crippen LogP contribution in [0.25, 0.3) is 0 Å². The number of hydrogen-bond donors (Lipinski definition) is 2. The number of aliphatic hydroxyl groups excluding tert-OH is 1. The number of nitrogens with zero attached hydrogens (tertiary/aromatic N) is 3. The van der Waals surface area contributed by atoms with Crippen LogP contribution in [-0.4, -0.2) is 161 Å². The Balaban J connectivity index is 0.000000291. The van der Waals surface area contributed by atoms with Gasteiger partial charge in [0.1, 0.15) is 12.1 Å². The fourth-order valence-corrected chi connectivity index (χ4v) is 14.5. The lowest BCUT2D eigenvalue weighted by atomic mass is 9.82.